The molecular weight excluding hydrogens is 978 g/mol. The van der Waals surface area contributed by atoms with E-state index in [4.69, 9.17) is 56.8 Å². The third kappa shape index (κ3) is 11.4. The van der Waals surface area contributed by atoms with E-state index in [1.807, 2.05) is 0 Å². The molecule has 0 spiro atoms. The first-order valence-electron chi connectivity index (χ1n) is 22.4. The fraction of sp³-hybridized carbons (Fsp3) is 0.949. The number of ether oxygens (including phenoxy) is 12. The van der Waals surface area contributed by atoms with E-state index in [1.54, 1.807) is 0 Å². The number of carboxylic acid groups (broad SMARTS) is 1. The molecule has 32 heteroatoms. The molecule has 0 saturated carbocycles. The van der Waals surface area contributed by atoms with Crippen LogP contribution in [-0.2, 0) is 61.6 Å². The van der Waals surface area contributed by atoms with Crippen LogP contribution in [-0.4, -0.2) is 315 Å². The van der Waals surface area contributed by atoms with E-state index < -0.39 is 236 Å². The Labute approximate surface area is 400 Å². The topological polar surface area (TPSA) is 516 Å². The second-order valence-corrected chi connectivity index (χ2v) is 17.9. The van der Waals surface area contributed by atoms with Crippen molar-refractivity contribution in [2.24, 2.45) is 0 Å². The molecule has 22 aliphatic rings. The van der Waals surface area contributed by atoms with Gasteiger partial charge in [-0.25, -0.2) is 0 Å². The van der Waals surface area contributed by atoms with E-state index in [1.165, 1.54) is 6.07 Å². The summed E-state index contributed by atoms with van der Waals surface area (Å²) in [6.07, 6.45) is -64.9. The highest BCUT2D eigenvalue weighted by molar-refractivity contribution is 5.66. The molecule has 22 saturated heterocycles. The lowest BCUT2D eigenvalue weighted by atomic mass is 9.93. The van der Waals surface area contributed by atoms with E-state index in [-0.39, 0.29) is 0 Å². The first-order chi connectivity index (χ1) is 33.7. The van der Waals surface area contributed by atoms with Crippen LogP contribution in [0.4, 0.5) is 0 Å². The summed E-state index contributed by atoms with van der Waals surface area (Å²) in [5.41, 5.74) is 0. The molecule has 22 heterocycles. The van der Waals surface area contributed by atoms with Gasteiger partial charge in [-0.05, 0) is 6.42 Å². The van der Waals surface area contributed by atoms with Gasteiger partial charge < -0.3 is 149 Å². The predicted molar refractivity (Wildman–Crippen MR) is 210 cm³/mol. The Balaban J connectivity index is 1.22. The van der Waals surface area contributed by atoms with Crippen LogP contribution in [0, 0.1) is 11.3 Å². The number of aliphatic hydroxyl groups is 17. The molecule has 32 nitrogen and oxygen atoms in total. The van der Waals surface area contributed by atoms with E-state index in [0.717, 1.165) is 0 Å². The minimum atomic E-state index is -2.28. The van der Waals surface area contributed by atoms with Gasteiger partial charge in [0.2, 0.25) is 0 Å². The number of nitrogens with zero attached hydrogens (tertiary/aromatic N) is 1. The maximum absolute atomic E-state index is 11.7. The lowest BCUT2D eigenvalue weighted by molar-refractivity contribution is -0.404. The van der Waals surface area contributed by atoms with Gasteiger partial charge in [-0.1, -0.05) is 0 Å². The molecule has 0 amide bonds. The molecule has 0 aromatic rings. The Kier molecular flexibility index (Phi) is 18.9. The van der Waals surface area contributed by atoms with Crippen molar-refractivity contribution in [2.75, 3.05) is 26.4 Å². The zero-order chi connectivity index (χ0) is 51.9. The quantitative estimate of drug-likeness (QED) is 0.100. The van der Waals surface area contributed by atoms with Crippen molar-refractivity contribution in [1.82, 2.24) is 0 Å². The number of rotatable bonds is 8. The van der Waals surface area contributed by atoms with Gasteiger partial charge in [-0.3, -0.25) is 4.79 Å². The van der Waals surface area contributed by atoms with Crippen molar-refractivity contribution >= 4 is 5.97 Å². The van der Waals surface area contributed by atoms with E-state index in [9.17, 15) is 102 Å². The monoisotopic (exact) mass is 1040 g/mol. The van der Waals surface area contributed by atoms with Crippen LogP contribution in [0.5, 0.6) is 0 Å². The molecule has 1 unspecified atom stereocenters. The largest absolute Gasteiger partial charge is 0.481 e. The van der Waals surface area contributed by atoms with Gasteiger partial charge in [0.15, 0.2) is 43.8 Å². The summed E-state index contributed by atoms with van der Waals surface area (Å²) >= 11 is 0. The molecule has 0 radical (unpaired) electrons. The Morgan fingerprint density at radius 1 is 0.380 bits per heavy atom. The van der Waals surface area contributed by atoms with Gasteiger partial charge in [0.1, 0.15) is 140 Å². The zero-order valence-electron chi connectivity index (χ0n) is 36.9. The molecule has 31 atom stereocenters. The van der Waals surface area contributed by atoms with Crippen LogP contribution in [0.3, 0.4) is 0 Å². The molecule has 71 heavy (non-hydrogen) atoms. The highest BCUT2D eigenvalue weighted by Crippen LogP contribution is 2.39. The van der Waals surface area contributed by atoms with Crippen molar-refractivity contribution in [3.8, 4) is 6.07 Å². The van der Waals surface area contributed by atoms with Gasteiger partial charge >= 0.3 is 5.97 Å². The fourth-order valence-electron chi connectivity index (χ4n) is 9.41. The van der Waals surface area contributed by atoms with Gasteiger partial charge in [0, 0.05) is 6.42 Å². The summed E-state index contributed by atoms with van der Waals surface area (Å²) in [5, 5.41) is 207. The van der Waals surface area contributed by atoms with Crippen molar-refractivity contribution in [3.05, 3.63) is 0 Å². The third-order valence-corrected chi connectivity index (χ3v) is 13.3. The highest BCUT2D eigenvalue weighted by atomic mass is 16.8. The molecule has 12 bridgehead atoms. The molecule has 18 N–H and O–H groups in total. The Morgan fingerprint density at radius 2 is 0.620 bits per heavy atom. The molecular formula is C39H61NO31. The Hall–Kier alpha value is -2.20. The van der Waals surface area contributed by atoms with Crippen LogP contribution >= 0.6 is 0 Å². The smallest absolute Gasteiger partial charge is 0.303 e. The van der Waals surface area contributed by atoms with Gasteiger partial charge in [-0.15, -0.1) is 0 Å². The Bertz CT molecular complexity index is 1760. The molecule has 22 aliphatic heterocycles. The van der Waals surface area contributed by atoms with E-state index in [0.29, 0.717) is 0 Å². The number of hydrogen-bond acceptors (Lipinski definition) is 31. The number of aliphatic hydroxyl groups excluding tert-OH is 17. The number of hydrogen-bond donors (Lipinski definition) is 18. The second kappa shape index (κ2) is 23.8. The van der Waals surface area contributed by atoms with Crippen molar-refractivity contribution in [1.29, 1.82) is 5.26 Å². The fourth-order valence-corrected chi connectivity index (χ4v) is 9.41. The highest BCUT2D eigenvalue weighted by Gasteiger charge is 2.59. The summed E-state index contributed by atoms with van der Waals surface area (Å²) in [5.74, 6) is -1.39. The first kappa shape index (κ1) is 56.5. The lowest BCUT2D eigenvalue weighted by Crippen LogP contribution is -2.69. The molecule has 0 aromatic carbocycles. The molecule has 22 rings (SSSR count). The summed E-state index contributed by atoms with van der Waals surface area (Å²) in [6, 6.07) is 1.42. The average molecular weight is 1040 g/mol. The van der Waals surface area contributed by atoms with E-state index >= 15 is 0 Å². The maximum atomic E-state index is 11.7. The van der Waals surface area contributed by atoms with Crippen molar-refractivity contribution in [2.45, 2.75) is 203 Å². The summed E-state index contributed by atoms with van der Waals surface area (Å²) in [4.78, 5) is 11.7. The predicted octanol–water partition coefficient (Wildman–Crippen LogP) is -12.3. The number of carboxylic acids is 1. The standard InChI is InChI=1S/C39H61NO31/c40-3-8(45)27-33-20(53)26(59)39(65-27)70-32-13(7-44)63-37(24(57)18(32)51)68-30-11(5-42)61-35(22(55)16(30)49)66-28-9(1-2-14(46)47)60-34(21(54)15(28)48)67-29-10(4-41)62-36(23(56)17(29)50)69-31-12(6-43)64-38(71-33)25(58)19(31)52/h8-13,15-39,41-45,48-59H,1-2,4-7H2,(H,46,47)/t8?,9-,10-,11-,12-,13-,15-,16-,17-,18-,19-,20-,21-,22-,23-,24-,25-,26-,27-,28-,29-,30-,31-,32-,33+,34-,35-,36-,37-,38-,39+/m1/s1. The van der Waals surface area contributed by atoms with E-state index in [2.05, 4.69) is 0 Å². The zero-order valence-corrected chi connectivity index (χ0v) is 36.9. The van der Waals surface area contributed by atoms with Crippen LogP contribution in [0.1, 0.15) is 12.8 Å². The SMILES string of the molecule is N#CC(O)[C@H]1O[C@H]2O[C@H]3[C@H](O)[C@@H](O)[C@@H](O[C@H]4[C@H](O)[C@@H](O)[C@@H](O[C@H]5[C@H](O)[C@@H](O)[C@@H](O[C@H]6[C@H](O)[C@@H](O)[C@@H](O[C@H]7[C@H](O)[C@@H](O)[C@@H](O[C@H]1[C@H](O)[C@H]2O)O[C@@H]7CO)O[C@@H]6CO)O[C@@H]5CCC(=O)O)O[C@@H]4CO)O[C@@H]3CO. The van der Waals surface area contributed by atoms with Crippen LogP contribution in [0.25, 0.3) is 0 Å². The second-order valence-electron chi connectivity index (χ2n) is 17.9. The molecule has 22 fully saturated rings. The Morgan fingerprint density at radius 3 is 0.887 bits per heavy atom. The maximum Gasteiger partial charge on any atom is 0.303 e. The molecule has 408 valence electrons. The van der Waals surface area contributed by atoms with Crippen molar-refractivity contribution < 1.29 is 154 Å². The minimum Gasteiger partial charge on any atom is -0.481 e. The number of aliphatic carboxylic acids is 1. The number of carbonyl (C=O) groups is 1. The van der Waals surface area contributed by atoms with Crippen LogP contribution in [0.15, 0.2) is 0 Å². The van der Waals surface area contributed by atoms with Crippen LogP contribution in [0.2, 0.25) is 0 Å². The summed E-state index contributed by atoms with van der Waals surface area (Å²) in [6.45, 7) is -4.24. The van der Waals surface area contributed by atoms with Gasteiger partial charge in [0.05, 0.1) is 38.6 Å². The first-order valence-corrected chi connectivity index (χ1v) is 22.4. The molecule has 0 aromatic heterocycles. The van der Waals surface area contributed by atoms with Gasteiger partial charge in [0.25, 0.3) is 0 Å². The molecule has 0 aliphatic carbocycles. The summed E-state index contributed by atoms with van der Waals surface area (Å²) < 4.78 is 68.2. The normalized spacial score (nSPS) is 52.6. The summed E-state index contributed by atoms with van der Waals surface area (Å²) in [7, 11) is 0. The van der Waals surface area contributed by atoms with Crippen molar-refractivity contribution in [3.63, 3.8) is 0 Å². The third-order valence-electron chi connectivity index (χ3n) is 13.3. The number of nitriles is 1. The van der Waals surface area contributed by atoms with Gasteiger partial charge in [-0.2, -0.15) is 5.26 Å². The lowest BCUT2D eigenvalue weighted by Gasteiger charge is -2.51. The van der Waals surface area contributed by atoms with Crippen LogP contribution < -0.4 is 0 Å². The minimum absolute atomic E-state index is 0.531. The average Bonchev–Trinajstić information content (AvgIpc) is 3.35.